The summed E-state index contributed by atoms with van der Waals surface area (Å²) >= 11 is 0. The molecule has 1 amide bonds. The van der Waals surface area contributed by atoms with Gasteiger partial charge >= 0.3 is 0 Å². The van der Waals surface area contributed by atoms with E-state index in [-0.39, 0.29) is 18.5 Å². The van der Waals surface area contributed by atoms with Gasteiger partial charge in [-0.1, -0.05) is 36.4 Å². The lowest BCUT2D eigenvalue weighted by molar-refractivity contribution is -0.135. The lowest BCUT2D eigenvalue weighted by Gasteiger charge is -2.28. The van der Waals surface area contributed by atoms with Crippen LogP contribution in [-0.2, 0) is 17.9 Å². The summed E-state index contributed by atoms with van der Waals surface area (Å²) < 4.78 is 26.8. The summed E-state index contributed by atoms with van der Waals surface area (Å²) in [5, 5.41) is 0. The Bertz CT molecular complexity index is 736. The highest BCUT2D eigenvalue weighted by molar-refractivity contribution is 5.82. The van der Waals surface area contributed by atoms with Crippen molar-refractivity contribution in [3.8, 4) is 0 Å². The van der Waals surface area contributed by atoms with Gasteiger partial charge in [0.2, 0.25) is 5.91 Å². The largest absolute Gasteiger partial charge is 0.340 e. The molecule has 2 aromatic carbocycles. The van der Waals surface area contributed by atoms with Crippen LogP contribution in [0.5, 0.6) is 0 Å². The molecule has 1 atom stereocenters. The van der Waals surface area contributed by atoms with Crippen LogP contribution in [0.15, 0.2) is 48.5 Å². The third kappa shape index (κ3) is 4.23. The molecule has 132 valence electrons. The van der Waals surface area contributed by atoms with Crippen molar-refractivity contribution < 1.29 is 13.6 Å². The highest BCUT2D eigenvalue weighted by Crippen LogP contribution is 2.22. The van der Waals surface area contributed by atoms with Gasteiger partial charge in [-0.15, -0.1) is 0 Å². The van der Waals surface area contributed by atoms with Gasteiger partial charge in [-0.3, -0.25) is 9.69 Å². The normalized spacial score (nSPS) is 17.6. The highest BCUT2D eigenvalue weighted by atomic mass is 19.1. The summed E-state index contributed by atoms with van der Waals surface area (Å²) in [6.07, 6.45) is 1.78. The number of hydrogen-bond acceptors (Lipinski definition) is 2. The molecule has 5 heteroatoms. The van der Waals surface area contributed by atoms with E-state index in [4.69, 9.17) is 0 Å². The highest BCUT2D eigenvalue weighted by Gasteiger charge is 2.32. The molecule has 0 bridgehead atoms. The lowest BCUT2D eigenvalue weighted by atomic mass is 10.1. The second-order valence-electron chi connectivity index (χ2n) is 6.54. The van der Waals surface area contributed by atoms with Gasteiger partial charge in [-0.2, -0.15) is 0 Å². The van der Waals surface area contributed by atoms with Gasteiger partial charge in [0.15, 0.2) is 0 Å². The maximum Gasteiger partial charge on any atom is 0.239 e. The van der Waals surface area contributed by atoms with E-state index in [1.807, 2.05) is 18.2 Å². The third-order valence-corrected chi connectivity index (χ3v) is 4.68. The van der Waals surface area contributed by atoms with Crippen molar-refractivity contribution in [2.24, 2.45) is 0 Å². The maximum atomic E-state index is 13.8. The van der Waals surface area contributed by atoms with Crippen LogP contribution in [0.4, 0.5) is 8.78 Å². The van der Waals surface area contributed by atoms with Crippen molar-refractivity contribution in [1.82, 2.24) is 9.80 Å². The van der Waals surface area contributed by atoms with Crippen molar-refractivity contribution in [1.29, 1.82) is 0 Å². The SMILES string of the molecule is CN(Cc1ccc(F)cc1F)C(=O)[C@@H]1CCCN1Cc1ccccc1. The average Bonchev–Trinajstić information content (AvgIpc) is 3.05. The standard InChI is InChI=1S/C20H22F2N2O/c1-23(14-16-9-10-17(21)12-18(16)22)20(25)19-8-5-11-24(19)13-15-6-3-2-4-7-15/h2-4,6-7,9-10,12,19H,5,8,11,13-14H2,1H3/t19-/m0/s1. The molecule has 0 unspecified atom stereocenters. The van der Waals surface area contributed by atoms with Crippen LogP contribution in [0.25, 0.3) is 0 Å². The molecule has 0 aliphatic carbocycles. The predicted octanol–water partition coefficient (Wildman–Crippen LogP) is 3.59. The molecule has 0 saturated carbocycles. The smallest absolute Gasteiger partial charge is 0.239 e. The van der Waals surface area contributed by atoms with Crippen molar-refractivity contribution >= 4 is 5.91 Å². The quantitative estimate of drug-likeness (QED) is 0.828. The van der Waals surface area contributed by atoms with E-state index >= 15 is 0 Å². The van der Waals surface area contributed by atoms with Crippen LogP contribution in [0.3, 0.4) is 0 Å². The Morgan fingerprint density at radius 1 is 1.20 bits per heavy atom. The van der Waals surface area contributed by atoms with Gasteiger partial charge in [0.1, 0.15) is 11.6 Å². The van der Waals surface area contributed by atoms with E-state index in [2.05, 4.69) is 17.0 Å². The Hall–Kier alpha value is -2.27. The molecule has 25 heavy (non-hydrogen) atoms. The number of hydrogen-bond donors (Lipinski definition) is 0. The lowest BCUT2D eigenvalue weighted by Crippen LogP contribution is -2.43. The molecule has 0 spiro atoms. The topological polar surface area (TPSA) is 23.6 Å². The van der Waals surface area contributed by atoms with Crippen molar-refractivity contribution in [3.05, 3.63) is 71.3 Å². The minimum absolute atomic E-state index is 0.0165. The summed E-state index contributed by atoms with van der Waals surface area (Å²) in [4.78, 5) is 16.5. The number of likely N-dealkylation sites (tertiary alicyclic amines) is 1. The van der Waals surface area contributed by atoms with Crippen molar-refractivity contribution in [3.63, 3.8) is 0 Å². The molecule has 1 fully saturated rings. The first kappa shape index (κ1) is 17.5. The Labute approximate surface area is 146 Å². The number of carbonyl (C=O) groups excluding carboxylic acids is 1. The van der Waals surface area contributed by atoms with Gasteiger partial charge in [0.05, 0.1) is 6.04 Å². The fraction of sp³-hybridized carbons (Fsp3) is 0.350. The molecule has 3 rings (SSSR count). The van der Waals surface area contributed by atoms with E-state index in [1.165, 1.54) is 22.6 Å². The average molecular weight is 344 g/mol. The molecule has 1 aliphatic heterocycles. The van der Waals surface area contributed by atoms with E-state index in [1.54, 1.807) is 7.05 Å². The summed E-state index contributed by atoms with van der Waals surface area (Å²) in [6, 6.07) is 13.3. The summed E-state index contributed by atoms with van der Waals surface area (Å²) in [7, 11) is 1.67. The Morgan fingerprint density at radius 2 is 1.96 bits per heavy atom. The first-order valence-electron chi connectivity index (χ1n) is 8.51. The molecule has 0 N–H and O–H groups in total. The molecule has 3 nitrogen and oxygen atoms in total. The van der Waals surface area contributed by atoms with Crippen LogP contribution in [0, 0.1) is 11.6 Å². The van der Waals surface area contributed by atoms with Gasteiger partial charge in [0.25, 0.3) is 0 Å². The predicted molar refractivity (Wildman–Crippen MR) is 92.7 cm³/mol. The number of carbonyl (C=O) groups is 1. The van der Waals surface area contributed by atoms with Crippen molar-refractivity contribution in [2.75, 3.05) is 13.6 Å². The fourth-order valence-corrected chi connectivity index (χ4v) is 3.35. The van der Waals surface area contributed by atoms with Gasteiger partial charge in [0, 0.05) is 31.8 Å². The van der Waals surface area contributed by atoms with Crippen molar-refractivity contribution in [2.45, 2.75) is 32.0 Å². The first-order chi connectivity index (χ1) is 12.0. The van der Waals surface area contributed by atoms with Crippen LogP contribution >= 0.6 is 0 Å². The molecular formula is C20H22F2N2O. The van der Waals surface area contributed by atoms with Gasteiger partial charge < -0.3 is 4.90 Å². The number of rotatable bonds is 5. The van der Waals surface area contributed by atoms with Crippen LogP contribution in [-0.4, -0.2) is 35.3 Å². The Kier molecular flexibility index (Phi) is 5.43. The monoisotopic (exact) mass is 344 g/mol. The zero-order valence-electron chi connectivity index (χ0n) is 14.3. The number of likely N-dealkylation sites (N-methyl/N-ethyl adjacent to an activating group) is 1. The zero-order chi connectivity index (χ0) is 17.8. The van der Waals surface area contributed by atoms with Gasteiger partial charge in [-0.25, -0.2) is 8.78 Å². The summed E-state index contributed by atoms with van der Waals surface area (Å²) in [5.41, 5.74) is 1.50. The van der Waals surface area contributed by atoms with E-state index in [0.29, 0.717) is 5.56 Å². The third-order valence-electron chi connectivity index (χ3n) is 4.68. The molecular weight excluding hydrogens is 322 g/mol. The number of halogens is 2. The van der Waals surface area contributed by atoms with Crippen LogP contribution < -0.4 is 0 Å². The fourth-order valence-electron chi connectivity index (χ4n) is 3.35. The molecule has 0 aromatic heterocycles. The zero-order valence-corrected chi connectivity index (χ0v) is 14.3. The second-order valence-corrected chi connectivity index (χ2v) is 6.54. The summed E-state index contributed by atoms with van der Waals surface area (Å²) in [5.74, 6) is -1.25. The number of nitrogens with zero attached hydrogens (tertiary/aromatic N) is 2. The number of benzene rings is 2. The molecule has 1 aliphatic rings. The minimum atomic E-state index is -0.618. The van der Waals surface area contributed by atoms with Crippen LogP contribution in [0.1, 0.15) is 24.0 Å². The van der Waals surface area contributed by atoms with E-state index < -0.39 is 11.6 Å². The molecule has 0 radical (unpaired) electrons. The molecule has 1 heterocycles. The van der Waals surface area contributed by atoms with Gasteiger partial charge in [-0.05, 0) is 31.0 Å². The van der Waals surface area contributed by atoms with Crippen LogP contribution in [0.2, 0.25) is 0 Å². The second kappa shape index (κ2) is 7.74. The minimum Gasteiger partial charge on any atom is -0.340 e. The Balaban J connectivity index is 1.66. The number of amides is 1. The Morgan fingerprint density at radius 3 is 2.68 bits per heavy atom. The van der Waals surface area contributed by atoms with E-state index in [0.717, 1.165) is 32.0 Å². The molecule has 2 aromatic rings. The first-order valence-corrected chi connectivity index (χ1v) is 8.51. The maximum absolute atomic E-state index is 13.8. The molecule has 1 saturated heterocycles. The van der Waals surface area contributed by atoms with E-state index in [9.17, 15) is 13.6 Å². The summed E-state index contributed by atoms with van der Waals surface area (Å²) in [6.45, 7) is 1.75.